The normalized spacial score (nSPS) is 11.7. The quantitative estimate of drug-likeness (QED) is 0.245. The summed E-state index contributed by atoms with van der Waals surface area (Å²) in [5.41, 5.74) is 4.37. The Balaban J connectivity index is 1.70. The summed E-state index contributed by atoms with van der Waals surface area (Å²) in [4.78, 5) is 0. The number of aromatic nitrogens is 2. The summed E-state index contributed by atoms with van der Waals surface area (Å²) >= 11 is 22.0. The number of halogens is 4. The molecule has 0 saturated carbocycles. The average molecular weight is 600 g/mol. The molecule has 0 aliphatic heterocycles. The van der Waals surface area contributed by atoms with E-state index >= 15 is 0 Å². The van der Waals surface area contributed by atoms with Gasteiger partial charge in [-0.05, 0) is 55.0 Å². The molecule has 0 amide bonds. The molecule has 0 radical (unpaired) electrons. The second-order valence-corrected chi connectivity index (χ2v) is 11.6. The third kappa shape index (κ3) is 5.85. The molecular weight excluding hydrogens is 581 g/mol. The van der Waals surface area contributed by atoms with Crippen molar-refractivity contribution in [3.63, 3.8) is 0 Å². The SMILES string of the molecule is Cc1c(CNS(=O)(=O)Cc2cccc(Cl)c2)nn(-c2ccc(Cl)cc2Cl)c1-c1ccc(Br)cc1. The molecule has 1 N–H and O–H groups in total. The molecule has 1 aromatic heterocycles. The van der Waals surface area contributed by atoms with Crippen LogP contribution in [0.2, 0.25) is 15.1 Å². The molecule has 0 unspecified atom stereocenters. The van der Waals surface area contributed by atoms with Crippen molar-refractivity contribution in [2.45, 2.75) is 19.2 Å². The number of nitrogens with one attached hydrogen (secondary N) is 1. The predicted octanol–water partition coefficient (Wildman–Crippen LogP) is 7.19. The van der Waals surface area contributed by atoms with E-state index in [2.05, 4.69) is 20.7 Å². The summed E-state index contributed by atoms with van der Waals surface area (Å²) in [6.07, 6.45) is 0. The van der Waals surface area contributed by atoms with Gasteiger partial charge in [-0.25, -0.2) is 17.8 Å². The number of benzene rings is 3. The second kappa shape index (κ2) is 10.4. The summed E-state index contributed by atoms with van der Waals surface area (Å²) in [6, 6.07) is 19.7. The van der Waals surface area contributed by atoms with Crippen molar-refractivity contribution in [2.75, 3.05) is 0 Å². The fraction of sp³-hybridized carbons (Fsp3) is 0.125. The summed E-state index contributed by atoms with van der Waals surface area (Å²) < 4.78 is 30.8. The summed E-state index contributed by atoms with van der Waals surface area (Å²) in [5.74, 6) is -0.185. The van der Waals surface area contributed by atoms with Gasteiger partial charge in [0.1, 0.15) is 0 Å². The lowest BCUT2D eigenvalue weighted by atomic mass is 10.1. The van der Waals surface area contributed by atoms with Crippen LogP contribution < -0.4 is 4.72 Å². The van der Waals surface area contributed by atoms with Crippen LogP contribution in [0.3, 0.4) is 0 Å². The van der Waals surface area contributed by atoms with E-state index in [0.29, 0.717) is 32.0 Å². The van der Waals surface area contributed by atoms with Gasteiger partial charge in [0.2, 0.25) is 10.0 Å². The lowest BCUT2D eigenvalue weighted by molar-refractivity contribution is 0.579. The van der Waals surface area contributed by atoms with Crippen molar-refractivity contribution in [3.05, 3.63) is 103 Å². The van der Waals surface area contributed by atoms with E-state index in [1.165, 1.54) is 0 Å². The van der Waals surface area contributed by atoms with Gasteiger partial charge in [0, 0.05) is 25.6 Å². The highest BCUT2D eigenvalue weighted by Crippen LogP contribution is 2.33. The molecule has 4 rings (SSSR count). The van der Waals surface area contributed by atoms with Crippen LogP contribution in [0, 0.1) is 6.92 Å². The Kier molecular flexibility index (Phi) is 7.72. The molecule has 1 heterocycles. The number of nitrogens with zero attached hydrogens (tertiary/aromatic N) is 2. The van der Waals surface area contributed by atoms with Gasteiger partial charge in [-0.2, -0.15) is 5.10 Å². The van der Waals surface area contributed by atoms with Gasteiger partial charge in [-0.1, -0.05) is 75.0 Å². The molecule has 0 aliphatic carbocycles. The van der Waals surface area contributed by atoms with Gasteiger partial charge in [0.05, 0.1) is 34.4 Å². The van der Waals surface area contributed by atoms with Crippen LogP contribution in [-0.2, 0) is 22.3 Å². The molecule has 0 spiro atoms. The molecule has 10 heteroatoms. The van der Waals surface area contributed by atoms with Gasteiger partial charge in [-0.3, -0.25) is 0 Å². The monoisotopic (exact) mass is 597 g/mol. The highest BCUT2D eigenvalue weighted by atomic mass is 79.9. The molecule has 3 aromatic carbocycles. The molecule has 0 aliphatic rings. The Labute approximate surface area is 221 Å². The zero-order chi connectivity index (χ0) is 24.5. The second-order valence-electron chi connectivity index (χ2n) is 7.64. The van der Waals surface area contributed by atoms with E-state index in [1.807, 2.05) is 31.2 Å². The van der Waals surface area contributed by atoms with Crippen molar-refractivity contribution < 1.29 is 8.42 Å². The van der Waals surface area contributed by atoms with E-state index < -0.39 is 10.0 Å². The summed E-state index contributed by atoms with van der Waals surface area (Å²) in [6.45, 7) is 1.93. The summed E-state index contributed by atoms with van der Waals surface area (Å²) in [7, 11) is -3.63. The highest BCUT2D eigenvalue weighted by Gasteiger charge is 2.21. The first-order valence-corrected chi connectivity index (χ1v) is 13.7. The van der Waals surface area contributed by atoms with Gasteiger partial charge in [0.15, 0.2) is 0 Å². The Morgan fingerprint density at radius 2 is 1.68 bits per heavy atom. The lowest BCUT2D eigenvalue weighted by Crippen LogP contribution is -2.25. The topological polar surface area (TPSA) is 64.0 Å². The van der Waals surface area contributed by atoms with E-state index in [4.69, 9.17) is 39.9 Å². The molecule has 34 heavy (non-hydrogen) atoms. The van der Waals surface area contributed by atoms with Crippen LogP contribution in [0.15, 0.2) is 71.2 Å². The van der Waals surface area contributed by atoms with Crippen molar-refractivity contribution in [1.82, 2.24) is 14.5 Å². The maximum atomic E-state index is 12.7. The molecule has 176 valence electrons. The van der Waals surface area contributed by atoms with Crippen molar-refractivity contribution in [3.8, 4) is 16.9 Å². The Morgan fingerprint density at radius 1 is 0.971 bits per heavy atom. The van der Waals surface area contributed by atoms with Crippen molar-refractivity contribution in [2.24, 2.45) is 0 Å². The minimum atomic E-state index is -3.63. The number of hydrogen-bond acceptors (Lipinski definition) is 3. The molecule has 0 bridgehead atoms. The van der Waals surface area contributed by atoms with Crippen molar-refractivity contribution >= 4 is 60.8 Å². The third-order valence-corrected chi connectivity index (χ3v) is 7.78. The standard InChI is InChI=1S/C24H19BrCl3N3O2S/c1-15-22(13-29-34(32,33)14-16-3-2-4-19(26)11-16)30-31(23-10-9-20(27)12-21(23)28)24(15)17-5-7-18(25)8-6-17/h2-12,29H,13-14H2,1H3. The average Bonchev–Trinajstić information content (AvgIpc) is 3.09. The smallest absolute Gasteiger partial charge is 0.216 e. The van der Waals surface area contributed by atoms with Gasteiger partial charge in [-0.15, -0.1) is 0 Å². The van der Waals surface area contributed by atoms with Crippen LogP contribution in [-0.4, -0.2) is 18.2 Å². The zero-order valence-corrected chi connectivity index (χ0v) is 22.6. The Hall–Kier alpha value is -1.87. The molecule has 5 nitrogen and oxygen atoms in total. The minimum Gasteiger partial charge on any atom is -0.231 e. The maximum absolute atomic E-state index is 12.7. The van der Waals surface area contributed by atoms with E-state index in [1.54, 1.807) is 47.1 Å². The minimum absolute atomic E-state index is 0.0243. The Morgan fingerprint density at radius 3 is 2.35 bits per heavy atom. The molecule has 0 fully saturated rings. The van der Waals surface area contributed by atoms with Gasteiger partial charge in [0.25, 0.3) is 0 Å². The van der Waals surface area contributed by atoms with Crippen molar-refractivity contribution in [1.29, 1.82) is 0 Å². The Bertz CT molecular complexity index is 1460. The number of hydrogen-bond donors (Lipinski definition) is 1. The van der Waals surface area contributed by atoms with Gasteiger partial charge < -0.3 is 0 Å². The van der Waals surface area contributed by atoms with Crippen LogP contribution in [0.25, 0.3) is 16.9 Å². The highest BCUT2D eigenvalue weighted by molar-refractivity contribution is 9.10. The van der Waals surface area contributed by atoms with Gasteiger partial charge >= 0.3 is 0 Å². The van der Waals surface area contributed by atoms with Crippen LogP contribution in [0.4, 0.5) is 0 Å². The molecule has 4 aromatic rings. The fourth-order valence-corrected chi connectivity index (χ4v) is 5.60. The third-order valence-electron chi connectivity index (χ3n) is 5.18. The largest absolute Gasteiger partial charge is 0.231 e. The number of sulfonamides is 1. The first-order valence-electron chi connectivity index (χ1n) is 10.1. The van der Waals surface area contributed by atoms with Crippen LogP contribution in [0.5, 0.6) is 0 Å². The van der Waals surface area contributed by atoms with Crippen LogP contribution in [0.1, 0.15) is 16.8 Å². The molecule has 0 saturated heterocycles. The predicted molar refractivity (Wildman–Crippen MR) is 142 cm³/mol. The number of rotatable bonds is 7. The maximum Gasteiger partial charge on any atom is 0.216 e. The van der Waals surface area contributed by atoms with E-state index in [9.17, 15) is 8.42 Å². The molecule has 0 atom stereocenters. The zero-order valence-electron chi connectivity index (χ0n) is 17.9. The van der Waals surface area contributed by atoms with Crippen LogP contribution >= 0.6 is 50.7 Å². The first-order chi connectivity index (χ1) is 16.1. The fourth-order valence-electron chi connectivity index (χ4n) is 3.56. The summed E-state index contributed by atoms with van der Waals surface area (Å²) in [5, 5.41) is 6.15. The first kappa shape index (κ1) is 25.2. The lowest BCUT2D eigenvalue weighted by Gasteiger charge is -2.11. The van der Waals surface area contributed by atoms with E-state index in [-0.39, 0.29) is 12.3 Å². The molecular formula is C24H19BrCl3N3O2S. The van der Waals surface area contributed by atoms with E-state index in [0.717, 1.165) is 21.3 Å².